The van der Waals surface area contributed by atoms with Crippen LogP contribution in [0, 0.1) is 13.8 Å². The maximum Gasteiger partial charge on any atom is 0.177 e. The average molecular weight is 607 g/mol. The molecule has 0 atom stereocenters. The highest BCUT2D eigenvalue weighted by molar-refractivity contribution is 7.98. The summed E-state index contributed by atoms with van der Waals surface area (Å²) >= 11 is 4.91. The molecule has 4 heterocycles. The SMILES string of the molecule is CSc1ccccc1Nc1ncnc2scc(C)c12.Cc1csc2ncnc(Nc3ccccc3S(C)(=O)=O)c12. The van der Waals surface area contributed by atoms with Crippen molar-refractivity contribution in [2.45, 2.75) is 23.6 Å². The summed E-state index contributed by atoms with van der Waals surface area (Å²) in [5.74, 6) is 1.50. The lowest BCUT2D eigenvalue weighted by molar-refractivity contribution is 0.602. The van der Waals surface area contributed by atoms with Crippen LogP contribution in [-0.4, -0.2) is 40.9 Å². The molecule has 0 unspecified atom stereocenters. The quantitative estimate of drug-likeness (QED) is 0.185. The molecule has 4 aromatic heterocycles. The molecule has 0 bridgehead atoms. The van der Waals surface area contributed by atoms with Gasteiger partial charge >= 0.3 is 0 Å². The number of thioether (sulfide) groups is 1. The van der Waals surface area contributed by atoms with Crippen LogP contribution in [0.5, 0.6) is 0 Å². The highest BCUT2D eigenvalue weighted by Crippen LogP contribution is 2.34. The number of anilines is 4. The number of para-hydroxylation sites is 2. The van der Waals surface area contributed by atoms with Crippen molar-refractivity contribution in [3.05, 3.63) is 83.1 Å². The van der Waals surface area contributed by atoms with Gasteiger partial charge in [0.05, 0.1) is 27.0 Å². The Morgan fingerprint density at radius 3 is 1.77 bits per heavy atom. The molecule has 0 aliphatic heterocycles. The smallest absolute Gasteiger partial charge is 0.177 e. The van der Waals surface area contributed by atoms with Crippen LogP contribution >= 0.6 is 34.4 Å². The molecule has 0 fully saturated rings. The fraction of sp³-hybridized carbons (Fsp3) is 0.143. The molecule has 204 valence electrons. The van der Waals surface area contributed by atoms with Crippen molar-refractivity contribution in [3.8, 4) is 0 Å². The molecule has 2 aromatic carbocycles. The minimum absolute atomic E-state index is 0.254. The number of hydrogen-bond acceptors (Lipinski definition) is 11. The van der Waals surface area contributed by atoms with E-state index in [9.17, 15) is 8.42 Å². The maximum absolute atomic E-state index is 11.9. The van der Waals surface area contributed by atoms with Gasteiger partial charge in [-0.2, -0.15) is 0 Å². The second kappa shape index (κ2) is 11.9. The van der Waals surface area contributed by atoms with Crippen molar-refractivity contribution in [1.29, 1.82) is 0 Å². The van der Waals surface area contributed by atoms with Crippen LogP contribution in [-0.2, 0) is 9.84 Å². The molecule has 0 aliphatic carbocycles. The van der Waals surface area contributed by atoms with Gasteiger partial charge in [-0.05, 0) is 66.3 Å². The van der Waals surface area contributed by atoms with Gasteiger partial charge in [0, 0.05) is 11.2 Å². The summed E-state index contributed by atoms with van der Waals surface area (Å²) < 4.78 is 23.7. The van der Waals surface area contributed by atoms with Gasteiger partial charge in [-0.1, -0.05) is 24.3 Å². The Kier molecular flexibility index (Phi) is 8.31. The number of thiophene rings is 2. The molecule has 0 radical (unpaired) electrons. The van der Waals surface area contributed by atoms with Crippen LogP contribution in [0.3, 0.4) is 0 Å². The fourth-order valence-corrected chi connectivity index (χ4v) is 7.30. The molecule has 6 aromatic rings. The Balaban J connectivity index is 0.000000162. The third-order valence-electron chi connectivity index (χ3n) is 6.01. The number of nitrogens with one attached hydrogen (secondary N) is 2. The highest BCUT2D eigenvalue weighted by Gasteiger charge is 2.15. The van der Waals surface area contributed by atoms with Crippen molar-refractivity contribution >= 4 is 87.7 Å². The van der Waals surface area contributed by atoms with Gasteiger partial charge in [0.25, 0.3) is 0 Å². The zero-order valence-electron chi connectivity index (χ0n) is 22.2. The molecule has 0 aliphatic rings. The van der Waals surface area contributed by atoms with E-state index in [2.05, 4.69) is 61.3 Å². The fourth-order valence-electron chi connectivity index (χ4n) is 4.12. The second-order valence-electron chi connectivity index (χ2n) is 8.86. The summed E-state index contributed by atoms with van der Waals surface area (Å²) in [7, 11) is -3.31. The normalized spacial score (nSPS) is 11.3. The first-order valence-corrected chi connectivity index (χ1v) is 17.0. The Morgan fingerprint density at radius 2 is 1.23 bits per heavy atom. The lowest BCUT2D eigenvalue weighted by Crippen LogP contribution is -2.03. The van der Waals surface area contributed by atoms with Gasteiger partial charge in [0.15, 0.2) is 9.84 Å². The molecule has 12 heteroatoms. The van der Waals surface area contributed by atoms with Crippen LogP contribution in [0.15, 0.2) is 81.7 Å². The van der Waals surface area contributed by atoms with E-state index < -0.39 is 9.84 Å². The largest absolute Gasteiger partial charge is 0.339 e. The van der Waals surface area contributed by atoms with E-state index in [-0.39, 0.29) is 4.90 Å². The van der Waals surface area contributed by atoms with Crippen LogP contribution in [0.4, 0.5) is 23.0 Å². The zero-order chi connectivity index (χ0) is 28.3. The monoisotopic (exact) mass is 606 g/mol. The molecule has 2 N–H and O–H groups in total. The predicted molar refractivity (Wildman–Crippen MR) is 169 cm³/mol. The molecular weight excluding hydrogens is 581 g/mol. The Labute approximate surface area is 244 Å². The molecular formula is C28H26N6O2S4. The van der Waals surface area contributed by atoms with Gasteiger partial charge < -0.3 is 10.6 Å². The number of sulfone groups is 1. The minimum atomic E-state index is -3.31. The Bertz CT molecular complexity index is 1920. The summed E-state index contributed by atoms with van der Waals surface area (Å²) in [5, 5.41) is 12.7. The molecule has 0 saturated carbocycles. The zero-order valence-corrected chi connectivity index (χ0v) is 25.4. The number of aryl methyl sites for hydroxylation is 2. The Morgan fingerprint density at radius 1 is 0.725 bits per heavy atom. The van der Waals surface area contributed by atoms with E-state index in [1.807, 2.05) is 24.4 Å². The first kappa shape index (κ1) is 28.0. The third kappa shape index (κ3) is 5.94. The summed E-state index contributed by atoms with van der Waals surface area (Å²) in [6.07, 6.45) is 6.36. The van der Waals surface area contributed by atoms with Gasteiger partial charge in [0.2, 0.25) is 0 Å². The number of hydrogen-bond donors (Lipinski definition) is 2. The van der Waals surface area contributed by atoms with Crippen LogP contribution in [0.25, 0.3) is 20.4 Å². The first-order valence-electron chi connectivity index (χ1n) is 12.1. The van der Waals surface area contributed by atoms with Gasteiger partial charge in [-0.15, -0.1) is 34.4 Å². The number of fused-ring (bicyclic) bond motifs is 2. The predicted octanol–water partition coefficient (Wildman–Crippen LogP) is 7.61. The Hall–Kier alpha value is -3.58. The maximum atomic E-state index is 11.9. The topological polar surface area (TPSA) is 110 Å². The van der Waals surface area contributed by atoms with E-state index >= 15 is 0 Å². The number of aromatic nitrogens is 4. The number of nitrogens with zero attached hydrogens (tertiary/aromatic N) is 4. The first-order chi connectivity index (χ1) is 19.3. The summed E-state index contributed by atoms with van der Waals surface area (Å²) in [6.45, 7) is 4.07. The standard InChI is InChI=1S/C14H13N3O2S2.C14H13N3S2/c1-9-7-20-14-12(9)13(15-8-16-14)17-10-5-3-4-6-11(10)21(2,18)19;1-9-7-19-14-12(9)13(15-8-16-14)17-10-5-3-4-6-11(10)18-2/h3-8H,1-2H3,(H,15,16,17);3-8H,1-2H3,(H,15,16,17). The number of rotatable bonds is 6. The molecule has 0 saturated heterocycles. The molecule has 40 heavy (non-hydrogen) atoms. The minimum Gasteiger partial charge on any atom is -0.339 e. The third-order valence-corrected chi connectivity index (χ3v) is 9.97. The molecule has 8 nitrogen and oxygen atoms in total. The van der Waals surface area contributed by atoms with Crippen molar-refractivity contribution in [3.63, 3.8) is 0 Å². The van der Waals surface area contributed by atoms with Gasteiger partial charge in [-0.3, -0.25) is 0 Å². The lowest BCUT2D eigenvalue weighted by atomic mass is 10.2. The molecule has 0 spiro atoms. The second-order valence-corrected chi connectivity index (χ2v) is 13.4. The molecule has 6 rings (SSSR count). The lowest BCUT2D eigenvalue weighted by Gasteiger charge is -2.11. The highest BCUT2D eigenvalue weighted by atomic mass is 32.2. The summed E-state index contributed by atoms with van der Waals surface area (Å²) in [5.41, 5.74) is 3.88. The van der Waals surface area contributed by atoms with E-state index in [0.717, 1.165) is 37.5 Å². The van der Waals surface area contributed by atoms with Gasteiger partial charge in [0.1, 0.15) is 34.0 Å². The summed E-state index contributed by atoms with van der Waals surface area (Å²) in [6, 6.07) is 15.0. The average Bonchev–Trinajstić information content (AvgIpc) is 3.52. The van der Waals surface area contributed by atoms with E-state index in [4.69, 9.17) is 0 Å². The van der Waals surface area contributed by atoms with E-state index in [0.29, 0.717) is 11.5 Å². The van der Waals surface area contributed by atoms with E-state index in [1.165, 1.54) is 34.4 Å². The van der Waals surface area contributed by atoms with Gasteiger partial charge in [-0.25, -0.2) is 28.4 Å². The number of benzene rings is 2. The van der Waals surface area contributed by atoms with Crippen LogP contribution in [0.2, 0.25) is 0 Å². The van der Waals surface area contributed by atoms with Crippen molar-refractivity contribution in [2.75, 3.05) is 23.1 Å². The van der Waals surface area contributed by atoms with E-state index in [1.54, 1.807) is 53.7 Å². The molecule has 0 amide bonds. The van der Waals surface area contributed by atoms with Crippen LogP contribution in [0.1, 0.15) is 11.1 Å². The van der Waals surface area contributed by atoms with Crippen molar-refractivity contribution < 1.29 is 8.42 Å². The van der Waals surface area contributed by atoms with Crippen molar-refractivity contribution in [1.82, 2.24) is 19.9 Å². The van der Waals surface area contributed by atoms with Crippen molar-refractivity contribution in [2.24, 2.45) is 0 Å². The summed E-state index contributed by atoms with van der Waals surface area (Å²) in [4.78, 5) is 20.5. The van der Waals surface area contributed by atoms with Crippen LogP contribution < -0.4 is 10.6 Å².